The number of fused-ring (bicyclic) bond motifs is 1. The van der Waals surface area contributed by atoms with Gasteiger partial charge >= 0.3 is 6.16 Å². The molecule has 156 valence electrons. The van der Waals surface area contributed by atoms with E-state index in [2.05, 4.69) is 51.4 Å². The van der Waals surface area contributed by atoms with Crippen LogP contribution in [-0.2, 0) is 10.5 Å². The largest absolute Gasteiger partial charge is 0.513 e. The topological polar surface area (TPSA) is 63.4 Å². The summed E-state index contributed by atoms with van der Waals surface area (Å²) in [5.74, 6) is 2.49. The first-order chi connectivity index (χ1) is 14.7. The van der Waals surface area contributed by atoms with E-state index >= 15 is 0 Å². The summed E-state index contributed by atoms with van der Waals surface area (Å²) in [6.07, 6.45) is 5.85. The van der Waals surface area contributed by atoms with E-state index < -0.39 is 6.16 Å². The number of H-pyrrole nitrogens is 1. The zero-order valence-electron chi connectivity index (χ0n) is 17.0. The maximum Gasteiger partial charge on any atom is 0.513 e. The van der Waals surface area contributed by atoms with Crippen LogP contribution in [0.5, 0.6) is 5.75 Å². The van der Waals surface area contributed by atoms with Crippen molar-refractivity contribution >= 4 is 34.4 Å². The third kappa shape index (κ3) is 5.07. The standard InChI is InChI=1S/C24H26N2O3S/c1-28-24(27)29-21-7-8-23-22(14-21)19(15-26-23)16-30-12-10-20-13-18(9-11-25-20)17-5-3-2-4-6-17/h2-9,14-15,20,25-26H,10-13,16H2,1H3. The van der Waals surface area contributed by atoms with Crippen molar-refractivity contribution < 1.29 is 14.3 Å². The monoisotopic (exact) mass is 422 g/mol. The molecule has 2 aromatic carbocycles. The van der Waals surface area contributed by atoms with E-state index in [4.69, 9.17) is 4.74 Å². The van der Waals surface area contributed by atoms with Crippen LogP contribution in [0.3, 0.4) is 0 Å². The molecule has 0 radical (unpaired) electrons. The number of thioether (sulfide) groups is 1. The highest BCUT2D eigenvalue weighted by Crippen LogP contribution is 2.28. The second kappa shape index (κ2) is 9.87. The molecule has 2 N–H and O–H groups in total. The molecule has 0 amide bonds. The van der Waals surface area contributed by atoms with Gasteiger partial charge < -0.3 is 19.8 Å². The van der Waals surface area contributed by atoms with E-state index in [1.54, 1.807) is 6.07 Å². The van der Waals surface area contributed by atoms with Crippen LogP contribution < -0.4 is 10.1 Å². The maximum atomic E-state index is 11.3. The highest BCUT2D eigenvalue weighted by atomic mass is 32.2. The molecule has 30 heavy (non-hydrogen) atoms. The van der Waals surface area contributed by atoms with Gasteiger partial charge in [0.1, 0.15) is 5.75 Å². The lowest BCUT2D eigenvalue weighted by Gasteiger charge is -2.24. The molecule has 5 nitrogen and oxygen atoms in total. The molecule has 0 spiro atoms. The average Bonchev–Trinajstić information content (AvgIpc) is 3.19. The minimum absolute atomic E-state index is 0.492. The summed E-state index contributed by atoms with van der Waals surface area (Å²) in [6, 6.07) is 16.7. The Labute approximate surface area is 180 Å². The third-order valence-electron chi connectivity index (χ3n) is 5.34. The summed E-state index contributed by atoms with van der Waals surface area (Å²) in [4.78, 5) is 14.6. The average molecular weight is 423 g/mol. The summed E-state index contributed by atoms with van der Waals surface area (Å²) in [6.45, 7) is 0.935. The Bertz CT molecular complexity index is 1030. The van der Waals surface area contributed by atoms with Crippen LogP contribution in [0.25, 0.3) is 16.5 Å². The van der Waals surface area contributed by atoms with Gasteiger partial charge in [-0.1, -0.05) is 36.4 Å². The van der Waals surface area contributed by atoms with Crippen molar-refractivity contribution in [2.24, 2.45) is 0 Å². The Morgan fingerprint density at radius 1 is 1.20 bits per heavy atom. The number of rotatable bonds is 7. The fourth-order valence-electron chi connectivity index (χ4n) is 3.75. The summed E-state index contributed by atoms with van der Waals surface area (Å²) in [5.41, 5.74) is 5.03. The van der Waals surface area contributed by atoms with E-state index in [0.717, 1.165) is 41.8 Å². The molecule has 0 bridgehead atoms. The number of carbonyl (C=O) groups excluding carboxylic acids is 1. The van der Waals surface area contributed by atoms with Crippen LogP contribution in [0, 0.1) is 0 Å². The van der Waals surface area contributed by atoms with Crippen LogP contribution >= 0.6 is 11.8 Å². The Morgan fingerprint density at radius 3 is 2.90 bits per heavy atom. The normalized spacial score (nSPS) is 16.3. The second-order valence-electron chi connectivity index (χ2n) is 7.32. The fraction of sp³-hybridized carbons (Fsp3) is 0.292. The molecule has 0 aliphatic carbocycles. The Kier molecular flexibility index (Phi) is 6.77. The van der Waals surface area contributed by atoms with Crippen LogP contribution in [0.15, 0.2) is 60.8 Å². The quantitative estimate of drug-likeness (QED) is 0.304. The zero-order chi connectivity index (χ0) is 20.8. The smallest absolute Gasteiger partial charge is 0.437 e. The van der Waals surface area contributed by atoms with Crippen LogP contribution in [-0.4, -0.2) is 36.6 Å². The molecule has 4 rings (SSSR count). The van der Waals surface area contributed by atoms with Crippen LogP contribution in [0.4, 0.5) is 4.79 Å². The van der Waals surface area contributed by atoms with Crippen LogP contribution in [0.1, 0.15) is 24.0 Å². The number of benzene rings is 2. The van der Waals surface area contributed by atoms with Gasteiger partial charge in [-0.3, -0.25) is 0 Å². The lowest BCUT2D eigenvalue weighted by molar-refractivity contribution is 0.121. The van der Waals surface area contributed by atoms with Crippen molar-refractivity contribution in [3.8, 4) is 5.75 Å². The number of carbonyl (C=O) groups is 1. The Balaban J connectivity index is 1.29. The molecule has 0 fully saturated rings. The number of aromatic nitrogens is 1. The Morgan fingerprint density at radius 2 is 2.07 bits per heavy atom. The molecule has 2 heterocycles. The second-order valence-corrected chi connectivity index (χ2v) is 8.43. The van der Waals surface area contributed by atoms with Gasteiger partial charge in [0.2, 0.25) is 0 Å². The molecule has 1 atom stereocenters. The predicted molar refractivity (Wildman–Crippen MR) is 123 cm³/mol. The van der Waals surface area contributed by atoms with E-state index in [0.29, 0.717) is 11.8 Å². The molecule has 1 aliphatic rings. The van der Waals surface area contributed by atoms with Gasteiger partial charge in [-0.2, -0.15) is 11.8 Å². The van der Waals surface area contributed by atoms with Crippen molar-refractivity contribution in [3.63, 3.8) is 0 Å². The summed E-state index contributed by atoms with van der Waals surface area (Å²) >= 11 is 1.93. The number of nitrogens with one attached hydrogen (secondary N) is 2. The highest BCUT2D eigenvalue weighted by molar-refractivity contribution is 7.98. The number of aromatic amines is 1. The lowest BCUT2D eigenvalue weighted by Crippen LogP contribution is -2.33. The summed E-state index contributed by atoms with van der Waals surface area (Å²) in [7, 11) is 1.30. The minimum Gasteiger partial charge on any atom is -0.437 e. The third-order valence-corrected chi connectivity index (χ3v) is 6.38. The number of hydrogen-bond acceptors (Lipinski definition) is 5. The number of methoxy groups -OCH3 is 1. The molecular formula is C24H26N2O3S. The van der Waals surface area contributed by atoms with Crippen molar-refractivity contribution in [2.75, 3.05) is 19.4 Å². The SMILES string of the molecule is COC(=O)Oc1ccc2[nH]cc(CSCCC3CC(c4ccccc4)=CCN3)c2c1. The molecule has 1 aliphatic heterocycles. The molecule has 3 aromatic rings. The summed E-state index contributed by atoms with van der Waals surface area (Å²) < 4.78 is 9.72. The van der Waals surface area contributed by atoms with E-state index in [9.17, 15) is 4.79 Å². The first-order valence-corrected chi connectivity index (χ1v) is 11.3. The molecule has 1 unspecified atom stereocenters. The van der Waals surface area contributed by atoms with Gasteiger partial charge in [0, 0.05) is 35.4 Å². The van der Waals surface area contributed by atoms with E-state index in [1.165, 1.54) is 23.8 Å². The van der Waals surface area contributed by atoms with Gasteiger partial charge in [0.25, 0.3) is 0 Å². The van der Waals surface area contributed by atoms with Crippen molar-refractivity contribution in [1.29, 1.82) is 0 Å². The summed E-state index contributed by atoms with van der Waals surface area (Å²) in [5, 5.41) is 4.69. The molecular weight excluding hydrogens is 396 g/mol. The highest BCUT2D eigenvalue weighted by Gasteiger charge is 2.16. The lowest BCUT2D eigenvalue weighted by atomic mass is 9.94. The first kappa shape index (κ1) is 20.6. The van der Waals surface area contributed by atoms with Gasteiger partial charge in [-0.05, 0) is 53.5 Å². The van der Waals surface area contributed by atoms with Crippen molar-refractivity contribution in [1.82, 2.24) is 10.3 Å². The minimum atomic E-state index is -0.704. The number of ether oxygens (including phenoxy) is 2. The first-order valence-electron chi connectivity index (χ1n) is 10.1. The fourth-order valence-corrected chi connectivity index (χ4v) is 4.80. The zero-order valence-corrected chi connectivity index (χ0v) is 17.8. The molecule has 0 saturated heterocycles. The van der Waals surface area contributed by atoms with Gasteiger partial charge in [-0.15, -0.1) is 0 Å². The molecule has 1 aromatic heterocycles. The van der Waals surface area contributed by atoms with Gasteiger partial charge in [0.05, 0.1) is 7.11 Å². The Hall–Kier alpha value is -2.70. The van der Waals surface area contributed by atoms with Crippen molar-refractivity contribution in [2.45, 2.75) is 24.6 Å². The van der Waals surface area contributed by atoms with E-state index in [1.807, 2.05) is 30.1 Å². The maximum absolute atomic E-state index is 11.3. The van der Waals surface area contributed by atoms with Crippen LogP contribution in [0.2, 0.25) is 0 Å². The van der Waals surface area contributed by atoms with Gasteiger partial charge in [-0.25, -0.2) is 4.79 Å². The molecule has 6 heteroatoms. The number of hydrogen-bond donors (Lipinski definition) is 2. The predicted octanol–water partition coefficient (Wildman–Crippen LogP) is 5.38. The van der Waals surface area contributed by atoms with E-state index in [-0.39, 0.29) is 0 Å². The van der Waals surface area contributed by atoms with Crippen molar-refractivity contribution in [3.05, 3.63) is 71.9 Å². The van der Waals surface area contributed by atoms with Gasteiger partial charge in [0.15, 0.2) is 0 Å². The molecule has 0 saturated carbocycles.